The largest absolute Gasteiger partial charge is 0.393 e. The molecular weight excluding hydrogens is 295 g/mol. The van der Waals surface area contributed by atoms with Gasteiger partial charge in [-0.15, -0.1) is 0 Å². The summed E-state index contributed by atoms with van der Waals surface area (Å²) < 4.78 is 24.8. The van der Waals surface area contributed by atoms with Crippen LogP contribution in [0.4, 0.5) is 4.39 Å². The van der Waals surface area contributed by atoms with Crippen molar-refractivity contribution in [2.24, 2.45) is 0 Å². The topological polar surface area (TPSA) is 18.5 Å². The van der Waals surface area contributed by atoms with Gasteiger partial charge in [0.25, 0.3) is 0 Å². The van der Waals surface area contributed by atoms with Gasteiger partial charge in [0, 0.05) is 13.2 Å². The van der Waals surface area contributed by atoms with E-state index >= 15 is 0 Å². The van der Waals surface area contributed by atoms with Crippen LogP contribution in [-0.2, 0) is 8.85 Å². The molecule has 0 heterocycles. The molecule has 0 aliphatic rings. The first kappa shape index (κ1) is 16.9. The highest BCUT2D eigenvalue weighted by Gasteiger charge is 2.16. The first-order valence-corrected chi connectivity index (χ1v) is 9.35. The highest BCUT2D eigenvalue weighted by atomic mass is 28.3. The monoisotopic (exact) mass is 318 g/mol. The fourth-order valence-corrected chi connectivity index (χ4v) is 4.05. The van der Waals surface area contributed by atoms with E-state index in [0.29, 0.717) is 0 Å². The minimum Gasteiger partial charge on any atom is -0.393 e. The summed E-state index contributed by atoms with van der Waals surface area (Å²) in [4.78, 5) is 0. The van der Waals surface area contributed by atoms with Gasteiger partial charge in [-0.2, -0.15) is 0 Å². The van der Waals surface area contributed by atoms with Crippen molar-refractivity contribution in [2.45, 2.75) is 26.7 Å². The Morgan fingerprint density at radius 1 is 0.773 bits per heavy atom. The van der Waals surface area contributed by atoms with Crippen molar-refractivity contribution in [3.63, 3.8) is 0 Å². The molecule has 0 saturated carbocycles. The predicted octanol–water partition coefficient (Wildman–Crippen LogP) is 3.77. The molecule has 0 fully saturated rings. The molecule has 0 aliphatic carbocycles. The lowest BCUT2D eigenvalue weighted by Gasteiger charge is -2.16. The van der Waals surface area contributed by atoms with Crippen LogP contribution < -0.4 is 5.19 Å². The van der Waals surface area contributed by atoms with E-state index in [-0.39, 0.29) is 5.82 Å². The third kappa shape index (κ3) is 4.76. The van der Waals surface area contributed by atoms with Gasteiger partial charge in [-0.1, -0.05) is 50.2 Å². The van der Waals surface area contributed by atoms with E-state index in [0.717, 1.165) is 42.4 Å². The third-order valence-corrected chi connectivity index (χ3v) is 5.31. The molecule has 2 aromatic carbocycles. The summed E-state index contributed by atoms with van der Waals surface area (Å²) in [5.74, 6) is -0.214. The maximum atomic E-state index is 13.0. The van der Waals surface area contributed by atoms with Gasteiger partial charge in [-0.25, -0.2) is 4.39 Å². The van der Waals surface area contributed by atoms with Crippen LogP contribution in [0.5, 0.6) is 0 Å². The molecule has 0 saturated heterocycles. The van der Waals surface area contributed by atoms with Crippen LogP contribution in [0, 0.1) is 5.82 Å². The molecule has 0 atom stereocenters. The van der Waals surface area contributed by atoms with Gasteiger partial charge < -0.3 is 8.85 Å². The highest BCUT2D eigenvalue weighted by molar-refractivity contribution is 6.61. The summed E-state index contributed by atoms with van der Waals surface area (Å²) in [7, 11) is -1.81. The molecule has 0 aromatic heterocycles. The number of benzene rings is 2. The Hall–Kier alpha value is -1.49. The Balaban J connectivity index is 2.12. The zero-order chi connectivity index (χ0) is 15.8. The second-order valence-electron chi connectivity index (χ2n) is 5.20. The van der Waals surface area contributed by atoms with E-state index in [9.17, 15) is 4.39 Å². The average Bonchev–Trinajstić information content (AvgIpc) is 2.56. The van der Waals surface area contributed by atoms with Crippen molar-refractivity contribution in [3.8, 4) is 11.1 Å². The fraction of sp³-hybridized carbons (Fsp3) is 0.333. The van der Waals surface area contributed by atoms with E-state index < -0.39 is 9.28 Å². The van der Waals surface area contributed by atoms with Crippen molar-refractivity contribution in [1.82, 2.24) is 0 Å². The summed E-state index contributed by atoms with van der Waals surface area (Å²) in [6.07, 6.45) is 1.99. The molecule has 2 nitrogen and oxygen atoms in total. The van der Waals surface area contributed by atoms with E-state index in [1.165, 1.54) is 12.1 Å². The Morgan fingerprint density at radius 2 is 1.23 bits per heavy atom. The van der Waals surface area contributed by atoms with Gasteiger partial charge in [0.15, 0.2) is 0 Å². The van der Waals surface area contributed by atoms with Crippen molar-refractivity contribution < 1.29 is 13.2 Å². The van der Waals surface area contributed by atoms with Crippen LogP contribution in [0.25, 0.3) is 11.1 Å². The van der Waals surface area contributed by atoms with Gasteiger partial charge in [0.2, 0.25) is 0 Å². The maximum absolute atomic E-state index is 13.0. The fourth-order valence-electron chi connectivity index (χ4n) is 2.17. The SMILES string of the molecule is CCCO[SiH](OCCC)c1ccc(-c2ccc(F)cc2)cc1. The highest BCUT2D eigenvalue weighted by Crippen LogP contribution is 2.18. The third-order valence-electron chi connectivity index (χ3n) is 3.31. The Bertz CT molecular complexity index is 546. The lowest BCUT2D eigenvalue weighted by Crippen LogP contribution is -2.37. The molecule has 0 aliphatic heterocycles. The molecule has 0 amide bonds. The van der Waals surface area contributed by atoms with Crippen molar-refractivity contribution in [1.29, 1.82) is 0 Å². The van der Waals surface area contributed by atoms with E-state index in [1.807, 2.05) is 12.1 Å². The normalized spacial score (nSPS) is 11.1. The molecule has 2 rings (SSSR count). The molecule has 4 heteroatoms. The minimum absolute atomic E-state index is 0.214. The quantitative estimate of drug-likeness (QED) is 0.690. The molecular formula is C18H23FO2Si. The Kier molecular flexibility index (Phi) is 6.77. The number of halogens is 1. The number of rotatable bonds is 8. The van der Waals surface area contributed by atoms with Crippen molar-refractivity contribution in [2.75, 3.05) is 13.2 Å². The summed E-state index contributed by atoms with van der Waals surface area (Å²) in [5.41, 5.74) is 2.08. The van der Waals surface area contributed by atoms with E-state index in [1.54, 1.807) is 12.1 Å². The van der Waals surface area contributed by atoms with E-state index in [4.69, 9.17) is 8.85 Å². The van der Waals surface area contributed by atoms with Gasteiger partial charge in [0.1, 0.15) is 5.82 Å². The predicted molar refractivity (Wildman–Crippen MR) is 91.1 cm³/mol. The first-order chi connectivity index (χ1) is 10.7. The standard InChI is InChI=1S/C18H23FO2Si/c1-3-13-20-22(21-14-4-2)18-11-7-16(8-12-18)15-5-9-17(19)10-6-15/h5-12,22H,3-4,13-14H2,1-2H3. The number of hydrogen-bond acceptors (Lipinski definition) is 2. The molecule has 0 radical (unpaired) electrons. The van der Waals surface area contributed by atoms with Gasteiger partial charge in [0.05, 0.1) is 0 Å². The van der Waals surface area contributed by atoms with Gasteiger partial charge >= 0.3 is 9.28 Å². The molecule has 0 unspecified atom stereocenters. The zero-order valence-corrected chi connectivity index (χ0v) is 14.4. The molecule has 0 bridgehead atoms. The van der Waals surface area contributed by atoms with Crippen LogP contribution >= 0.6 is 0 Å². The van der Waals surface area contributed by atoms with Gasteiger partial charge in [-0.3, -0.25) is 0 Å². The smallest absolute Gasteiger partial charge is 0.355 e. The van der Waals surface area contributed by atoms with Crippen molar-refractivity contribution in [3.05, 3.63) is 54.3 Å². The van der Waals surface area contributed by atoms with Crippen LogP contribution in [0.2, 0.25) is 0 Å². The Morgan fingerprint density at radius 3 is 1.68 bits per heavy atom. The van der Waals surface area contributed by atoms with E-state index in [2.05, 4.69) is 26.0 Å². The molecule has 2 aromatic rings. The zero-order valence-electron chi connectivity index (χ0n) is 13.2. The lowest BCUT2D eigenvalue weighted by molar-refractivity contribution is 0.207. The molecule has 118 valence electrons. The van der Waals surface area contributed by atoms with Crippen LogP contribution in [-0.4, -0.2) is 22.5 Å². The Labute approximate surface area is 133 Å². The molecule has 22 heavy (non-hydrogen) atoms. The summed E-state index contributed by atoms with van der Waals surface area (Å²) >= 11 is 0. The van der Waals surface area contributed by atoms with Crippen LogP contribution in [0.15, 0.2) is 48.5 Å². The second kappa shape index (κ2) is 8.83. The van der Waals surface area contributed by atoms with Crippen LogP contribution in [0.1, 0.15) is 26.7 Å². The van der Waals surface area contributed by atoms with Crippen molar-refractivity contribution >= 4 is 14.5 Å². The summed E-state index contributed by atoms with van der Waals surface area (Å²) in [6, 6.07) is 14.8. The molecule has 0 spiro atoms. The summed E-state index contributed by atoms with van der Waals surface area (Å²) in [6.45, 7) is 5.67. The second-order valence-corrected chi connectivity index (χ2v) is 7.20. The summed E-state index contributed by atoms with van der Waals surface area (Å²) in [5, 5.41) is 1.15. The van der Waals surface area contributed by atoms with Gasteiger partial charge in [-0.05, 0) is 41.3 Å². The van der Waals surface area contributed by atoms with Crippen LogP contribution in [0.3, 0.4) is 0 Å². The molecule has 0 N–H and O–H groups in total. The minimum atomic E-state index is -1.81. The first-order valence-electron chi connectivity index (χ1n) is 7.83. The number of hydrogen-bond donors (Lipinski definition) is 0. The average molecular weight is 318 g/mol. The maximum Gasteiger partial charge on any atom is 0.355 e. The lowest BCUT2D eigenvalue weighted by atomic mass is 10.1.